The number of anilines is 2. The maximum atomic E-state index is 14.3. The highest BCUT2D eigenvalue weighted by atomic mass is 19.4. The molecule has 2 aromatic rings. The highest BCUT2D eigenvalue weighted by Gasteiger charge is 2.48. The number of rotatable bonds is 12. The topological polar surface area (TPSA) is 155 Å². The number of benzene rings is 2. The number of hydrogen-bond acceptors (Lipinski definition) is 8. The molecule has 6 rings (SSSR count). The third-order valence-electron chi connectivity index (χ3n) is 13.3. The number of carbonyl (C=O) groups is 5. The zero-order chi connectivity index (χ0) is 52.4. The molecular formula is C51H72F6N6O7. The summed E-state index contributed by atoms with van der Waals surface area (Å²) in [5.74, 6) is -2.70. The number of fused-ring (bicyclic) bond motifs is 2. The van der Waals surface area contributed by atoms with E-state index in [4.69, 9.17) is 15.2 Å². The van der Waals surface area contributed by atoms with E-state index in [-0.39, 0.29) is 72.5 Å². The molecule has 0 unspecified atom stereocenters. The molecule has 2 heterocycles. The van der Waals surface area contributed by atoms with Gasteiger partial charge in [0.05, 0.1) is 33.6 Å². The number of halogens is 6. The highest BCUT2D eigenvalue weighted by molar-refractivity contribution is 6.06. The Morgan fingerprint density at radius 1 is 0.657 bits per heavy atom. The van der Waals surface area contributed by atoms with E-state index in [2.05, 4.69) is 5.32 Å². The van der Waals surface area contributed by atoms with Crippen LogP contribution in [0.25, 0.3) is 0 Å². The second-order valence-corrected chi connectivity index (χ2v) is 20.8. The molecule has 2 aliphatic heterocycles. The summed E-state index contributed by atoms with van der Waals surface area (Å²) >= 11 is 0. The van der Waals surface area contributed by atoms with Gasteiger partial charge in [-0.1, -0.05) is 45.4 Å². The Morgan fingerprint density at radius 3 is 1.33 bits per heavy atom. The highest BCUT2D eigenvalue weighted by Crippen LogP contribution is 2.47. The summed E-state index contributed by atoms with van der Waals surface area (Å²) in [5.41, 5.74) is 0.250. The Bertz CT molecular complexity index is 2250. The molecule has 0 radical (unpaired) electrons. The van der Waals surface area contributed by atoms with E-state index in [0.29, 0.717) is 0 Å². The molecule has 2 fully saturated rings. The van der Waals surface area contributed by atoms with Gasteiger partial charge in [-0.3, -0.25) is 24.0 Å². The first kappa shape index (κ1) is 55.9. The summed E-state index contributed by atoms with van der Waals surface area (Å²) in [7, 11) is 0. The Balaban J connectivity index is 0.000000262. The van der Waals surface area contributed by atoms with Crippen LogP contribution in [0.5, 0.6) is 11.5 Å². The van der Waals surface area contributed by atoms with Gasteiger partial charge in [-0.05, 0) is 119 Å². The van der Waals surface area contributed by atoms with Crippen LogP contribution >= 0.6 is 0 Å². The standard InChI is InChI=1S/C27H38F3N3O4.C24H34F3N3O3/c1-7-23(34)31-17(4)15-32-21-13-19(24(35)33(16(2)3)18-11-9-8-10-12-18)20(27(28,29)30)14-22(21)37-26(5,6)25(32)36;1-14(2)30(16-9-7-6-8-10-16)21(31)17-11-19-20(12-18(17)24(25,26)27)33-23(4,5)22(32)29(19)13-15(3)28/h13-14,16-18H,7-12,15H2,1-6H3,(H,31,34);11-12,14-16H,6-10,13,28H2,1-5H3/t17-;15-/m00/s1. The first-order chi connectivity index (χ1) is 32.4. The molecule has 13 nitrogen and oxygen atoms in total. The van der Waals surface area contributed by atoms with Crippen LogP contribution in [0.3, 0.4) is 0 Å². The van der Waals surface area contributed by atoms with E-state index in [0.717, 1.165) is 88.5 Å². The summed E-state index contributed by atoms with van der Waals surface area (Å²) in [6.45, 7) is 18.4. The van der Waals surface area contributed by atoms with Gasteiger partial charge in [0.25, 0.3) is 23.6 Å². The Hall–Kier alpha value is -5.07. The lowest BCUT2D eigenvalue weighted by atomic mass is 9.92. The molecule has 0 aromatic heterocycles. The van der Waals surface area contributed by atoms with Crippen LogP contribution in [-0.2, 0) is 26.7 Å². The van der Waals surface area contributed by atoms with Crippen molar-refractivity contribution in [2.24, 2.45) is 5.73 Å². The van der Waals surface area contributed by atoms with Crippen molar-refractivity contribution < 1.29 is 59.8 Å². The summed E-state index contributed by atoms with van der Waals surface area (Å²) in [6.07, 6.45) is -0.477. The predicted molar refractivity (Wildman–Crippen MR) is 255 cm³/mol. The van der Waals surface area contributed by atoms with Crippen LogP contribution in [0.2, 0.25) is 0 Å². The molecule has 4 aliphatic rings. The van der Waals surface area contributed by atoms with Crippen molar-refractivity contribution in [1.29, 1.82) is 0 Å². The van der Waals surface area contributed by atoms with E-state index in [1.54, 1.807) is 44.4 Å². The van der Waals surface area contributed by atoms with Crippen molar-refractivity contribution in [2.45, 2.75) is 207 Å². The smallest absolute Gasteiger partial charge is 0.417 e. The van der Waals surface area contributed by atoms with E-state index in [1.165, 1.54) is 37.5 Å². The molecule has 0 saturated heterocycles. The van der Waals surface area contributed by atoms with Crippen molar-refractivity contribution in [2.75, 3.05) is 22.9 Å². The van der Waals surface area contributed by atoms with Crippen molar-refractivity contribution in [3.63, 3.8) is 0 Å². The van der Waals surface area contributed by atoms with Crippen molar-refractivity contribution in [1.82, 2.24) is 15.1 Å². The van der Waals surface area contributed by atoms with Crippen molar-refractivity contribution in [3.8, 4) is 11.5 Å². The van der Waals surface area contributed by atoms with Crippen LogP contribution in [0, 0.1) is 0 Å². The number of nitrogens with zero attached hydrogens (tertiary/aromatic N) is 4. The maximum absolute atomic E-state index is 14.3. The first-order valence-electron chi connectivity index (χ1n) is 24.6. The fourth-order valence-electron chi connectivity index (χ4n) is 10.0. The van der Waals surface area contributed by atoms with Crippen molar-refractivity contribution in [3.05, 3.63) is 46.5 Å². The van der Waals surface area contributed by atoms with Gasteiger partial charge in [0.2, 0.25) is 5.91 Å². The molecule has 0 bridgehead atoms. The van der Waals surface area contributed by atoms with Crippen LogP contribution in [0.15, 0.2) is 24.3 Å². The second kappa shape index (κ2) is 21.7. The van der Waals surface area contributed by atoms with Gasteiger partial charge in [-0.2, -0.15) is 26.3 Å². The Morgan fingerprint density at radius 2 is 1.01 bits per heavy atom. The fraction of sp³-hybridized carbons (Fsp3) is 0.667. The molecular weight excluding hydrogens is 923 g/mol. The average Bonchev–Trinajstić information content (AvgIpc) is 3.26. The maximum Gasteiger partial charge on any atom is 0.417 e. The minimum Gasteiger partial charge on any atom is -0.476 e. The van der Waals surface area contributed by atoms with E-state index >= 15 is 0 Å². The molecule has 3 N–H and O–H groups in total. The number of nitrogens with two attached hydrogens (primary N) is 1. The minimum absolute atomic E-state index is 0.0138. The Labute approximate surface area is 408 Å². The SMILES string of the molecule is CC(C)N(C(=O)c1cc2c(cc1C(F)(F)F)OC(C)(C)C(=O)N2C[C@H](C)N)C1CCCCC1.CCC(=O)N[C@@H](C)CN1C(=O)C(C)(C)Oc2cc(C(F)(F)F)c(C(=O)N(C(C)C)C3CCCCC3)cc21. The number of hydrogen-bond donors (Lipinski definition) is 2. The molecule has 5 amide bonds. The van der Waals surface area contributed by atoms with Crippen LogP contribution in [0.1, 0.15) is 179 Å². The third kappa shape index (κ3) is 12.5. The minimum atomic E-state index is -4.81. The lowest BCUT2D eigenvalue weighted by molar-refractivity contribution is -0.139. The average molecular weight is 995 g/mol. The number of carbonyl (C=O) groups excluding carboxylic acids is 5. The van der Waals surface area contributed by atoms with Gasteiger partial charge in [0.1, 0.15) is 11.5 Å². The Kier molecular flexibility index (Phi) is 17.3. The van der Waals surface area contributed by atoms with Gasteiger partial charge in [-0.15, -0.1) is 0 Å². The van der Waals surface area contributed by atoms with Crippen LogP contribution < -0.4 is 30.3 Å². The van der Waals surface area contributed by atoms with Gasteiger partial charge < -0.3 is 40.1 Å². The second-order valence-electron chi connectivity index (χ2n) is 20.8. The van der Waals surface area contributed by atoms with Gasteiger partial charge in [0.15, 0.2) is 11.2 Å². The number of alkyl halides is 6. The molecule has 70 heavy (non-hydrogen) atoms. The van der Waals surface area contributed by atoms with E-state index in [1.807, 2.05) is 13.8 Å². The lowest BCUT2D eigenvalue weighted by Gasteiger charge is -2.41. The van der Waals surface area contributed by atoms with Gasteiger partial charge in [0, 0.05) is 55.8 Å². The largest absolute Gasteiger partial charge is 0.476 e. The molecule has 0 spiro atoms. The summed E-state index contributed by atoms with van der Waals surface area (Å²) in [5, 5.41) is 2.78. The van der Waals surface area contributed by atoms with Crippen LogP contribution in [0.4, 0.5) is 37.7 Å². The number of ether oxygens (including phenoxy) is 2. The molecule has 2 aromatic carbocycles. The van der Waals surface area contributed by atoms with E-state index in [9.17, 15) is 50.3 Å². The van der Waals surface area contributed by atoms with Crippen LogP contribution in [-0.4, -0.2) is 99.9 Å². The van der Waals surface area contributed by atoms with Crippen molar-refractivity contribution >= 4 is 40.9 Å². The summed E-state index contributed by atoms with van der Waals surface area (Å²) < 4.78 is 96.7. The molecule has 390 valence electrons. The number of amides is 5. The predicted octanol–water partition coefficient (Wildman–Crippen LogP) is 10.0. The first-order valence-corrected chi connectivity index (χ1v) is 24.6. The third-order valence-corrected chi connectivity index (χ3v) is 13.3. The van der Waals surface area contributed by atoms with Gasteiger partial charge in [-0.25, -0.2) is 0 Å². The molecule has 19 heteroatoms. The lowest BCUT2D eigenvalue weighted by Crippen LogP contribution is -2.56. The molecule has 2 atom stereocenters. The quantitative estimate of drug-likeness (QED) is 0.199. The summed E-state index contributed by atoms with van der Waals surface area (Å²) in [4.78, 5) is 71.4. The monoisotopic (exact) mass is 995 g/mol. The normalized spacial score (nSPS) is 19.3. The molecule has 2 saturated carbocycles. The molecule has 2 aliphatic carbocycles. The van der Waals surface area contributed by atoms with Gasteiger partial charge >= 0.3 is 12.4 Å². The van der Waals surface area contributed by atoms with E-state index < -0.39 is 81.5 Å². The summed E-state index contributed by atoms with van der Waals surface area (Å²) in [6, 6.07) is 2.26. The zero-order valence-electron chi connectivity index (χ0n) is 42.5. The number of nitrogens with one attached hydrogen (secondary N) is 1. The zero-order valence-corrected chi connectivity index (χ0v) is 42.5. The fourth-order valence-corrected chi connectivity index (χ4v) is 10.0.